The molecule has 128 valence electrons. The Bertz CT molecular complexity index is 611. The smallest absolute Gasteiger partial charge is 0.275 e. The van der Waals surface area contributed by atoms with Gasteiger partial charge in [-0.3, -0.25) is 4.79 Å². The second kappa shape index (κ2) is 7.90. The van der Waals surface area contributed by atoms with E-state index < -0.39 is 10.0 Å². The van der Waals surface area contributed by atoms with Crippen LogP contribution in [0.15, 0.2) is 35.2 Å². The van der Waals surface area contributed by atoms with Gasteiger partial charge in [0.25, 0.3) is 5.91 Å². The average molecular weight is 340 g/mol. The molecule has 0 unspecified atom stereocenters. The Morgan fingerprint density at radius 3 is 2.43 bits per heavy atom. The van der Waals surface area contributed by atoms with Crippen LogP contribution in [0.5, 0.6) is 0 Å². The Morgan fingerprint density at radius 2 is 1.87 bits per heavy atom. The number of quaternary nitrogens is 1. The highest BCUT2D eigenvalue weighted by Gasteiger charge is 2.30. The maximum atomic E-state index is 12.5. The van der Waals surface area contributed by atoms with Gasteiger partial charge in [-0.25, -0.2) is 8.42 Å². The summed E-state index contributed by atoms with van der Waals surface area (Å²) in [6.45, 7) is 6.62. The monoisotopic (exact) mass is 340 g/mol. The summed E-state index contributed by atoms with van der Waals surface area (Å²) in [5.74, 6) is 0.0358. The number of sulfonamides is 1. The van der Waals surface area contributed by atoms with Crippen LogP contribution in [-0.4, -0.2) is 57.4 Å². The Hall–Kier alpha value is -1.44. The van der Waals surface area contributed by atoms with Crippen molar-refractivity contribution in [3.8, 4) is 0 Å². The van der Waals surface area contributed by atoms with Crippen molar-refractivity contribution in [1.29, 1.82) is 0 Å². The zero-order valence-electron chi connectivity index (χ0n) is 13.8. The average Bonchev–Trinajstić information content (AvgIpc) is 2.56. The molecule has 0 saturated carbocycles. The molecular weight excluding hydrogens is 314 g/mol. The van der Waals surface area contributed by atoms with Crippen LogP contribution in [0.4, 0.5) is 0 Å². The van der Waals surface area contributed by atoms with Crippen LogP contribution in [0, 0.1) is 0 Å². The quantitative estimate of drug-likeness (QED) is 0.733. The number of carbonyl (C=O) groups is 1. The van der Waals surface area contributed by atoms with Crippen molar-refractivity contribution in [2.24, 2.45) is 0 Å². The number of benzene rings is 1. The molecule has 1 saturated heterocycles. The molecule has 1 fully saturated rings. The summed E-state index contributed by atoms with van der Waals surface area (Å²) in [7, 11) is -3.42. The van der Waals surface area contributed by atoms with Crippen LogP contribution < -0.4 is 10.2 Å². The molecule has 0 bridgehead atoms. The Morgan fingerprint density at radius 1 is 1.26 bits per heavy atom. The molecule has 23 heavy (non-hydrogen) atoms. The molecular formula is C16H26N3O3S+. The highest BCUT2D eigenvalue weighted by Crippen LogP contribution is 2.14. The van der Waals surface area contributed by atoms with Gasteiger partial charge in [0.15, 0.2) is 6.54 Å². The van der Waals surface area contributed by atoms with Gasteiger partial charge in [0.2, 0.25) is 10.0 Å². The SMILES string of the molecule is CC[C@H](C)NC(=O)C[NH+]1CCN(S(=O)(=O)c2ccccc2)CC1. The van der Waals surface area contributed by atoms with Crippen molar-refractivity contribution in [3.63, 3.8) is 0 Å². The molecule has 2 rings (SSSR count). The van der Waals surface area contributed by atoms with Crippen molar-refractivity contribution < 1.29 is 18.1 Å². The van der Waals surface area contributed by atoms with E-state index in [-0.39, 0.29) is 11.9 Å². The minimum Gasteiger partial charge on any atom is -0.349 e. The van der Waals surface area contributed by atoms with Crippen LogP contribution in [0.2, 0.25) is 0 Å². The topological polar surface area (TPSA) is 70.9 Å². The van der Waals surface area contributed by atoms with Gasteiger partial charge >= 0.3 is 0 Å². The third-order valence-corrected chi connectivity index (χ3v) is 6.15. The summed E-state index contributed by atoms with van der Waals surface area (Å²) in [5, 5.41) is 2.95. The van der Waals surface area contributed by atoms with E-state index in [4.69, 9.17) is 0 Å². The van der Waals surface area contributed by atoms with E-state index in [1.807, 2.05) is 13.8 Å². The van der Waals surface area contributed by atoms with E-state index in [0.717, 1.165) is 11.3 Å². The highest BCUT2D eigenvalue weighted by molar-refractivity contribution is 7.89. The van der Waals surface area contributed by atoms with Gasteiger partial charge in [-0.1, -0.05) is 25.1 Å². The predicted octanol–water partition coefficient (Wildman–Crippen LogP) is -0.509. The van der Waals surface area contributed by atoms with Crippen molar-refractivity contribution in [1.82, 2.24) is 9.62 Å². The van der Waals surface area contributed by atoms with E-state index in [1.165, 1.54) is 4.31 Å². The van der Waals surface area contributed by atoms with Crippen LogP contribution in [-0.2, 0) is 14.8 Å². The van der Waals surface area contributed by atoms with Crippen molar-refractivity contribution in [3.05, 3.63) is 30.3 Å². The zero-order chi connectivity index (χ0) is 16.9. The molecule has 0 spiro atoms. The maximum absolute atomic E-state index is 12.5. The number of nitrogens with one attached hydrogen (secondary N) is 2. The first kappa shape index (κ1) is 17.9. The molecule has 0 radical (unpaired) electrons. The van der Waals surface area contributed by atoms with Crippen molar-refractivity contribution >= 4 is 15.9 Å². The van der Waals surface area contributed by atoms with E-state index in [1.54, 1.807) is 30.3 Å². The normalized spacial score (nSPS) is 18.5. The van der Waals surface area contributed by atoms with E-state index in [9.17, 15) is 13.2 Å². The van der Waals surface area contributed by atoms with Crippen LogP contribution in [0.3, 0.4) is 0 Å². The lowest BCUT2D eigenvalue weighted by atomic mass is 10.2. The third kappa shape index (κ3) is 4.76. The molecule has 0 aliphatic carbocycles. The number of amides is 1. The fourth-order valence-electron chi connectivity index (χ4n) is 2.62. The second-order valence-corrected chi connectivity index (χ2v) is 7.96. The first-order valence-electron chi connectivity index (χ1n) is 8.11. The molecule has 2 N–H and O–H groups in total. The fraction of sp³-hybridized carbons (Fsp3) is 0.562. The summed E-state index contributed by atoms with van der Waals surface area (Å²) in [6, 6.07) is 8.68. The van der Waals surface area contributed by atoms with Crippen molar-refractivity contribution in [2.45, 2.75) is 31.2 Å². The van der Waals surface area contributed by atoms with Gasteiger partial charge in [0.05, 0.1) is 31.1 Å². The largest absolute Gasteiger partial charge is 0.349 e. The molecule has 1 aromatic carbocycles. The Labute approximate surface area is 138 Å². The molecule has 1 aliphatic rings. The summed E-state index contributed by atoms with van der Waals surface area (Å²) >= 11 is 0. The van der Waals surface area contributed by atoms with Gasteiger partial charge in [0, 0.05) is 6.04 Å². The molecule has 1 aromatic rings. The number of nitrogens with zero attached hydrogens (tertiary/aromatic N) is 1. The first-order chi connectivity index (χ1) is 10.9. The molecule has 7 heteroatoms. The molecule has 1 aliphatic heterocycles. The summed E-state index contributed by atoms with van der Waals surface area (Å²) in [4.78, 5) is 13.4. The molecule has 1 heterocycles. The van der Waals surface area contributed by atoms with E-state index >= 15 is 0 Å². The fourth-order valence-corrected chi connectivity index (χ4v) is 4.08. The minimum absolute atomic E-state index is 0.0358. The minimum atomic E-state index is -3.42. The summed E-state index contributed by atoms with van der Waals surface area (Å²) in [6.07, 6.45) is 0.907. The van der Waals surface area contributed by atoms with Gasteiger partial charge in [-0.15, -0.1) is 0 Å². The summed E-state index contributed by atoms with van der Waals surface area (Å²) in [5.41, 5.74) is 0. The standard InChI is InChI=1S/C16H25N3O3S/c1-3-14(2)17-16(20)13-18-9-11-19(12-10-18)23(21,22)15-7-5-4-6-8-15/h4-8,14H,3,9-13H2,1-2H3,(H,17,20)/p+1/t14-/m0/s1. The third-order valence-electron chi connectivity index (χ3n) is 4.24. The molecule has 0 aromatic heterocycles. The van der Waals surface area contributed by atoms with Gasteiger partial charge in [0.1, 0.15) is 0 Å². The summed E-state index contributed by atoms with van der Waals surface area (Å²) < 4.78 is 26.6. The molecule has 1 amide bonds. The number of hydrogen-bond acceptors (Lipinski definition) is 3. The number of piperazine rings is 1. The van der Waals surface area contributed by atoms with Gasteiger partial charge < -0.3 is 10.2 Å². The van der Waals surface area contributed by atoms with Crippen molar-refractivity contribution in [2.75, 3.05) is 32.7 Å². The molecule has 6 nitrogen and oxygen atoms in total. The van der Waals surface area contributed by atoms with Crippen LogP contribution in [0.1, 0.15) is 20.3 Å². The Balaban J connectivity index is 1.88. The van der Waals surface area contributed by atoms with Crippen LogP contribution in [0.25, 0.3) is 0 Å². The maximum Gasteiger partial charge on any atom is 0.275 e. The second-order valence-electron chi connectivity index (χ2n) is 6.02. The number of rotatable bonds is 6. The lowest BCUT2D eigenvalue weighted by Gasteiger charge is -2.31. The highest BCUT2D eigenvalue weighted by atomic mass is 32.2. The van der Waals surface area contributed by atoms with Gasteiger partial charge in [-0.05, 0) is 25.5 Å². The lowest BCUT2D eigenvalue weighted by molar-refractivity contribution is -0.895. The number of hydrogen-bond donors (Lipinski definition) is 2. The lowest BCUT2D eigenvalue weighted by Crippen LogP contribution is -3.15. The van der Waals surface area contributed by atoms with Crippen LogP contribution >= 0.6 is 0 Å². The number of carbonyl (C=O) groups excluding carboxylic acids is 1. The van der Waals surface area contributed by atoms with E-state index in [0.29, 0.717) is 37.6 Å². The predicted molar refractivity (Wildman–Crippen MR) is 88.7 cm³/mol. The zero-order valence-corrected chi connectivity index (χ0v) is 14.6. The Kier molecular flexibility index (Phi) is 6.15. The molecule has 1 atom stereocenters. The van der Waals surface area contributed by atoms with Gasteiger partial charge in [-0.2, -0.15) is 4.31 Å². The first-order valence-corrected chi connectivity index (χ1v) is 9.55. The van der Waals surface area contributed by atoms with E-state index in [2.05, 4.69) is 5.32 Å².